The maximum absolute atomic E-state index is 12.3. The zero-order chi connectivity index (χ0) is 12.1. The molecule has 0 radical (unpaired) electrons. The normalized spacial score (nSPS) is 10.8. The van der Waals surface area contributed by atoms with Gasteiger partial charge in [-0.15, -0.1) is 22.9 Å². The Bertz CT molecular complexity index is 356. The van der Waals surface area contributed by atoms with E-state index in [9.17, 15) is 13.6 Å². The Hall–Kier alpha value is -0.680. The SMILES string of the molecule is Cc1ccsc1C(=O)N(CCCl)CC(F)F. The van der Waals surface area contributed by atoms with Gasteiger partial charge in [-0.25, -0.2) is 8.78 Å². The molecule has 0 unspecified atom stereocenters. The summed E-state index contributed by atoms with van der Waals surface area (Å²) in [6.07, 6.45) is -2.53. The van der Waals surface area contributed by atoms with Crippen molar-refractivity contribution >= 4 is 28.8 Å². The molecule has 1 heterocycles. The van der Waals surface area contributed by atoms with Gasteiger partial charge in [0.2, 0.25) is 0 Å². The first-order valence-electron chi connectivity index (χ1n) is 4.73. The van der Waals surface area contributed by atoms with Crippen LogP contribution in [0.15, 0.2) is 11.4 Å². The highest BCUT2D eigenvalue weighted by molar-refractivity contribution is 7.12. The van der Waals surface area contributed by atoms with Crippen LogP contribution in [0.25, 0.3) is 0 Å². The third-order valence-corrected chi connectivity index (χ3v) is 3.23. The molecule has 16 heavy (non-hydrogen) atoms. The lowest BCUT2D eigenvalue weighted by Gasteiger charge is -2.20. The molecule has 0 atom stereocenters. The second-order valence-corrected chi connectivity index (χ2v) is 4.56. The fraction of sp³-hybridized carbons (Fsp3) is 0.500. The predicted molar refractivity (Wildman–Crippen MR) is 61.7 cm³/mol. The summed E-state index contributed by atoms with van der Waals surface area (Å²) >= 11 is 6.75. The lowest BCUT2D eigenvalue weighted by Crippen LogP contribution is -2.36. The van der Waals surface area contributed by atoms with E-state index in [1.165, 1.54) is 11.3 Å². The average molecular weight is 268 g/mol. The molecule has 0 bridgehead atoms. The summed E-state index contributed by atoms with van der Waals surface area (Å²) in [6, 6.07) is 1.79. The van der Waals surface area contributed by atoms with Gasteiger partial charge in [0.05, 0.1) is 11.4 Å². The zero-order valence-electron chi connectivity index (χ0n) is 8.75. The number of halogens is 3. The van der Waals surface area contributed by atoms with Gasteiger partial charge >= 0.3 is 0 Å². The van der Waals surface area contributed by atoms with Crippen molar-refractivity contribution in [2.45, 2.75) is 13.3 Å². The lowest BCUT2D eigenvalue weighted by atomic mass is 10.2. The van der Waals surface area contributed by atoms with Gasteiger partial charge in [-0.2, -0.15) is 0 Å². The summed E-state index contributed by atoms with van der Waals surface area (Å²) in [5, 5.41) is 1.77. The van der Waals surface area contributed by atoms with E-state index in [-0.39, 0.29) is 18.3 Å². The molecule has 0 saturated carbocycles. The molecule has 0 aromatic carbocycles. The summed E-state index contributed by atoms with van der Waals surface area (Å²) in [6.45, 7) is 1.36. The molecule has 0 spiro atoms. The minimum Gasteiger partial charge on any atom is -0.331 e. The lowest BCUT2D eigenvalue weighted by molar-refractivity contribution is 0.0574. The predicted octanol–water partition coefficient (Wildman–Crippen LogP) is 3.00. The molecule has 1 rings (SSSR count). The number of rotatable bonds is 5. The summed E-state index contributed by atoms with van der Waals surface area (Å²) in [5.74, 6) is -0.212. The Morgan fingerprint density at radius 3 is 2.75 bits per heavy atom. The first kappa shape index (κ1) is 13.4. The van der Waals surface area contributed by atoms with Crippen molar-refractivity contribution in [3.05, 3.63) is 21.9 Å². The molecule has 0 N–H and O–H groups in total. The number of alkyl halides is 3. The molecule has 1 amide bonds. The molecule has 1 aromatic heterocycles. The third kappa shape index (κ3) is 3.42. The van der Waals surface area contributed by atoms with Crippen molar-refractivity contribution < 1.29 is 13.6 Å². The van der Waals surface area contributed by atoms with Gasteiger partial charge in [0.15, 0.2) is 0 Å². The van der Waals surface area contributed by atoms with Gasteiger partial charge in [-0.3, -0.25) is 4.79 Å². The second-order valence-electron chi connectivity index (χ2n) is 3.26. The summed E-state index contributed by atoms with van der Waals surface area (Å²) in [4.78, 5) is 13.5. The summed E-state index contributed by atoms with van der Waals surface area (Å²) in [7, 11) is 0. The quantitative estimate of drug-likeness (QED) is 0.751. The molecule has 0 aliphatic carbocycles. The maximum Gasteiger partial charge on any atom is 0.264 e. The molecule has 2 nitrogen and oxygen atoms in total. The minimum absolute atomic E-state index is 0.141. The zero-order valence-corrected chi connectivity index (χ0v) is 10.3. The molecule has 1 aromatic rings. The highest BCUT2D eigenvalue weighted by Crippen LogP contribution is 2.18. The number of aryl methyl sites for hydroxylation is 1. The van der Waals surface area contributed by atoms with Gasteiger partial charge in [0.1, 0.15) is 0 Å². The van der Waals surface area contributed by atoms with Crippen LogP contribution in [0.3, 0.4) is 0 Å². The van der Waals surface area contributed by atoms with Gasteiger partial charge in [-0.05, 0) is 23.9 Å². The van der Waals surface area contributed by atoms with Crippen LogP contribution in [-0.2, 0) is 0 Å². The average Bonchev–Trinajstić information content (AvgIpc) is 2.62. The van der Waals surface area contributed by atoms with E-state index >= 15 is 0 Å². The van der Waals surface area contributed by atoms with Gasteiger partial charge < -0.3 is 4.90 Å². The van der Waals surface area contributed by atoms with Crippen LogP contribution in [-0.4, -0.2) is 36.2 Å². The monoisotopic (exact) mass is 267 g/mol. The Kier molecular flexibility index (Phi) is 5.15. The minimum atomic E-state index is -2.53. The first-order chi connectivity index (χ1) is 7.56. The van der Waals surface area contributed by atoms with Gasteiger partial charge in [0, 0.05) is 12.4 Å². The highest BCUT2D eigenvalue weighted by Gasteiger charge is 2.21. The highest BCUT2D eigenvalue weighted by atomic mass is 35.5. The number of carbonyl (C=O) groups excluding carboxylic acids is 1. The van der Waals surface area contributed by atoms with Crippen LogP contribution < -0.4 is 0 Å². The Morgan fingerprint density at radius 1 is 1.62 bits per heavy atom. The first-order valence-corrected chi connectivity index (χ1v) is 6.15. The molecular formula is C10H12ClF2NOS. The molecule has 90 valence electrons. The van der Waals surface area contributed by atoms with Crippen molar-refractivity contribution in [2.24, 2.45) is 0 Å². The molecule has 6 heteroatoms. The van der Waals surface area contributed by atoms with Crippen molar-refractivity contribution in [3.8, 4) is 0 Å². The van der Waals surface area contributed by atoms with E-state index in [0.29, 0.717) is 4.88 Å². The molecule has 0 fully saturated rings. The fourth-order valence-corrected chi connectivity index (χ4v) is 2.38. The Labute approximate surface area is 102 Å². The number of amides is 1. The Morgan fingerprint density at radius 2 is 2.31 bits per heavy atom. The van der Waals surface area contributed by atoms with Crippen LogP contribution in [0.2, 0.25) is 0 Å². The van der Waals surface area contributed by atoms with Crippen LogP contribution in [0.5, 0.6) is 0 Å². The maximum atomic E-state index is 12.3. The molecule has 0 aliphatic rings. The fourth-order valence-electron chi connectivity index (χ4n) is 1.28. The van der Waals surface area contributed by atoms with Crippen LogP contribution in [0.4, 0.5) is 8.78 Å². The van der Waals surface area contributed by atoms with Gasteiger partial charge in [0.25, 0.3) is 12.3 Å². The third-order valence-electron chi connectivity index (χ3n) is 2.06. The van der Waals surface area contributed by atoms with E-state index in [2.05, 4.69) is 0 Å². The standard InChI is InChI=1S/C10H12ClF2NOS/c1-7-2-5-16-9(7)10(15)14(4-3-11)6-8(12)13/h2,5,8H,3-4,6H2,1H3. The Balaban J connectivity index is 2.78. The topological polar surface area (TPSA) is 20.3 Å². The van der Waals surface area contributed by atoms with E-state index < -0.39 is 13.0 Å². The second kappa shape index (κ2) is 6.15. The number of nitrogens with zero attached hydrogens (tertiary/aromatic N) is 1. The molecule has 0 aliphatic heterocycles. The molecular weight excluding hydrogens is 256 g/mol. The molecule has 0 saturated heterocycles. The van der Waals surface area contributed by atoms with E-state index in [4.69, 9.17) is 11.6 Å². The van der Waals surface area contributed by atoms with Crippen molar-refractivity contribution in [3.63, 3.8) is 0 Å². The van der Waals surface area contributed by atoms with Crippen molar-refractivity contribution in [1.29, 1.82) is 0 Å². The van der Waals surface area contributed by atoms with Gasteiger partial charge in [-0.1, -0.05) is 0 Å². The van der Waals surface area contributed by atoms with E-state index in [1.807, 2.05) is 0 Å². The van der Waals surface area contributed by atoms with Crippen LogP contribution in [0, 0.1) is 6.92 Å². The van der Waals surface area contributed by atoms with Crippen LogP contribution in [0.1, 0.15) is 15.2 Å². The van der Waals surface area contributed by atoms with Crippen LogP contribution >= 0.6 is 22.9 Å². The summed E-state index contributed by atoms with van der Waals surface area (Å²) < 4.78 is 24.6. The number of hydrogen-bond donors (Lipinski definition) is 0. The summed E-state index contributed by atoms with van der Waals surface area (Å²) in [5.41, 5.74) is 0.809. The largest absolute Gasteiger partial charge is 0.331 e. The van der Waals surface area contributed by atoms with E-state index in [0.717, 1.165) is 10.5 Å². The number of hydrogen-bond acceptors (Lipinski definition) is 2. The van der Waals surface area contributed by atoms with Crippen molar-refractivity contribution in [1.82, 2.24) is 4.90 Å². The van der Waals surface area contributed by atoms with E-state index in [1.54, 1.807) is 18.4 Å². The van der Waals surface area contributed by atoms with Crippen molar-refractivity contribution in [2.75, 3.05) is 19.0 Å². The number of carbonyl (C=O) groups is 1. The number of thiophene rings is 1. The smallest absolute Gasteiger partial charge is 0.264 e.